The molecular weight excluding hydrogens is 180 g/mol. The summed E-state index contributed by atoms with van der Waals surface area (Å²) in [5.41, 5.74) is 5.48. The van der Waals surface area contributed by atoms with E-state index in [-0.39, 0.29) is 0 Å². The van der Waals surface area contributed by atoms with Gasteiger partial charge in [-0.15, -0.1) is 0 Å². The van der Waals surface area contributed by atoms with Crippen LogP contribution in [0.1, 0.15) is 0 Å². The monoisotopic (exact) mass is 194 g/mol. The molecule has 0 fully saturated rings. The normalized spacial score (nSPS) is 11.1. The third-order valence-electron chi connectivity index (χ3n) is 1.73. The summed E-state index contributed by atoms with van der Waals surface area (Å²) in [6, 6.07) is 7.30. The first-order valence-corrected chi connectivity index (χ1v) is 4.24. The number of methoxy groups -OCH3 is 1. The number of rotatable bonds is 4. The minimum absolute atomic E-state index is 0.308. The van der Waals surface area contributed by atoms with Crippen molar-refractivity contribution in [3.63, 3.8) is 0 Å². The second kappa shape index (κ2) is 5.11. The van der Waals surface area contributed by atoms with Gasteiger partial charge in [-0.1, -0.05) is 0 Å². The first-order valence-electron chi connectivity index (χ1n) is 4.24. The van der Waals surface area contributed by atoms with Crippen LogP contribution in [0.25, 0.3) is 0 Å². The van der Waals surface area contributed by atoms with Gasteiger partial charge in [0.25, 0.3) is 0 Å². The van der Waals surface area contributed by atoms with Crippen molar-refractivity contribution >= 4 is 5.84 Å². The topological polar surface area (TPSA) is 56.8 Å². The maximum Gasteiger partial charge on any atom is 0.145 e. The summed E-state index contributed by atoms with van der Waals surface area (Å²) >= 11 is 0. The number of aliphatic imine (C=N–C) groups is 1. The number of nitrogens with two attached hydrogens (primary N) is 1. The second-order valence-corrected chi connectivity index (χ2v) is 2.68. The minimum Gasteiger partial charge on any atom is -0.497 e. The highest BCUT2D eigenvalue weighted by Gasteiger charge is 1.96. The van der Waals surface area contributed by atoms with Crippen LogP contribution in [0.2, 0.25) is 0 Å². The van der Waals surface area contributed by atoms with E-state index in [1.807, 2.05) is 24.3 Å². The first kappa shape index (κ1) is 10.4. The molecule has 0 aliphatic heterocycles. The van der Waals surface area contributed by atoms with Gasteiger partial charge in [0.1, 0.15) is 23.9 Å². The second-order valence-electron chi connectivity index (χ2n) is 2.68. The fraction of sp³-hybridized carbons (Fsp3) is 0.300. The molecule has 0 heterocycles. The molecule has 1 aromatic rings. The van der Waals surface area contributed by atoms with Gasteiger partial charge in [0.15, 0.2) is 0 Å². The van der Waals surface area contributed by atoms with Crippen molar-refractivity contribution in [3.8, 4) is 11.5 Å². The van der Waals surface area contributed by atoms with Crippen molar-refractivity contribution in [1.82, 2.24) is 0 Å². The molecule has 0 radical (unpaired) electrons. The summed E-state index contributed by atoms with van der Waals surface area (Å²) < 4.78 is 10.4. The Bertz CT molecular complexity index is 306. The Labute approximate surface area is 83.4 Å². The molecule has 0 bridgehead atoms. The molecule has 0 unspecified atom stereocenters. The van der Waals surface area contributed by atoms with Gasteiger partial charge in [-0.3, -0.25) is 4.99 Å². The van der Waals surface area contributed by atoms with Crippen molar-refractivity contribution in [2.24, 2.45) is 10.7 Å². The van der Waals surface area contributed by atoms with Gasteiger partial charge in [-0.05, 0) is 24.3 Å². The molecule has 0 atom stereocenters. The largest absolute Gasteiger partial charge is 0.497 e. The third kappa shape index (κ3) is 2.97. The fourth-order valence-electron chi connectivity index (χ4n) is 0.894. The van der Waals surface area contributed by atoms with Crippen LogP contribution in [0.4, 0.5) is 0 Å². The van der Waals surface area contributed by atoms with E-state index < -0.39 is 0 Å². The Morgan fingerprint density at radius 2 is 1.86 bits per heavy atom. The van der Waals surface area contributed by atoms with Gasteiger partial charge in [0.2, 0.25) is 0 Å². The Morgan fingerprint density at radius 1 is 1.29 bits per heavy atom. The standard InChI is InChI=1S/C10H14N2O2/c1-12-10(11)7-14-9-5-3-8(13-2)4-6-9/h3-6H,7H2,1-2H3,(H2,11,12). The Kier molecular flexibility index (Phi) is 3.79. The van der Waals surface area contributed by atoms with E-state index in [0.29, 0.717) is 12.4 Å². The van der Waals surface area contributed by atoms with E-state index in [1.54, 1.807) is 14.2 Å². The summed E-state index contributed by atoms with van der Waals surface area (Å²) in [6.45, 7) is 0.308. The molecule has 1 aromatic carbocycles. The lowest BCUT2D eigenvalue weighted by Gasteiger charge is -2.05. The van der Waals surface area contributed by atoms with E-state index in [2.05, 4.69) is 4.99 Å². The Balaban J connectivity index is 2.52. The van der Waals surface area contributed by atoms with E-state index in [0.717, 1.165) is 11.5 Å². The van der Waals surface area contributed by atoms with Crippen molar-refractivity contribution in [3.05, 3.63) is 24.3 Å². The average molecular weight is 194 g/mol. The number of ether oxygens (including phenoxy) is 2. The highest BCUT2D eigenvalue weighted by atomic mass is 16.5. The number of nitrogens with zero attached hydrogens (tertiary/aromatic N) is 1. The van der Waals surface area contributed by atoms with Crippen LogP contribution in [0.5, 0.6) is 11.5 Å². The summed E-state index contributed by atoms with van der Waals surface area (Å²) in [5.74, 6) is 2.02. The van der Waals surface area contributed by atoms with E-state index >= 15 is 0 Å². The van der Waals surface area contributed by atoms with Gasteiger partial charge >= 0.3 is 0 Å². The predicted molar refractivity (Wildman–Crippen MR) is 56.0 cm³/mol. The predicted octanol–water partition coefficient (Wildman–Crippen LogP) is 1.06. The van der Waals surface area contributed by atoms with Gasteiger partial charge in [0.05, 0.1) is 7.11 Å². The highest BCUT2D eigenvalue weighted by molar-refractivity contribution is 5.81. The zero-order chi connectivity index (χ0) is 10.4. The van der Waals surface area contributed by atoms with Crippen LogP contribution in [-0.4, -0.2) is 26.6 Å². The molecule has 4 heteroatoms. The molecule has 2 N–H and O–H groups in total. The molecule has 0 saturated carbocycles. The maximum absolute atomic E-state index is 5.48. The minimum atomic E-state index is 0.308. The van der Waals surface area contributed by atoms with Crippen molar-refractivity contribution in [1.29, 1.82) is 0 Å². The zero-order valence-electron chi connectivity index (χ0n) is 8.36. The SMILES string of the molecule is CN=C(N)COc1ccc(OC)cc1. The number of amidine groups is 1. The van der Waals surface area contributed by atoms with Crippen LogP contribution >= 0.6 is 0 Å². The first-order chi connectivity index (χ1) is 6.76. The van der Waals surface area contributed by atoms with Gasteiger partial charge in [-0.2, -0.15) is 0 Å². The van der Waals surface area contributed by atoms with Crippen LogP contribution in [0.15, 0.2) is 29.3 Å². The lowest BCUT2D eigenvalue weighted by Crippen LogP contribution is -2.20. The molecule has 0 aromatic heterocycles. The Morgan fingerprint density at radius 3 is 2.36 bits per heavy atom. The molecule has 0 aliphatic rings. The average Bonchev–Trinajstić information content (AvgIpc) is 2.26. The smallest absolute Gasteiger partial charge is 0.145 e. The molecule has 14 heavy (non-hydrogen) atoms. The maximum atomic E-state index is 5.48. The van der Waals surface area contributed by atoms with Crippen LogP contribution in [0.3, 0.4) is 0 Å². The fourth-order valence-corrected chi connectivity index (χ4v) is 0.894. The number of hydrogen-bond acceptors (Lipinski definition) is 3. The molecule has 0 saturated heterocycles. The van der Waals surface area contributed by atoms with Gasteiger partial charge < -0.3 is 15.2 Å². The zero-order valence-corrected chi connectivity index (χ0v) is 8.36. The number of benzene rings is 1. The molecule has 0 spiro atoms. The van der Waals surface area contributed by atoms with Crippen LogP contribution in [-0.2, 0) is 0 Å². The van der Waals surface area contributed by atoms with E-state index in [1.165, 1.54) is 0 Å². The lowest BCUT2D eigenvalue weighted by molar-refractivity contribution is 0.372. The lowest BCUT2D eigenvalue weighted by atomic mass is 10.3. The highest BCUT2D eigenvalue weighted by Crippen LogP contribution is 2.16. The number of hydrogen-bond donors (Lipinski definition) is 1. The van der Waals surface area contributed by atoms with Crippen LogP contribution in [0, 0.1) is 0 Å². The molecule has 76 valence electrons. The summed E-state index contributed by atoms with van der Waals surface area (Å²) in [6.07, 6.45) is 0. The van der Waals surface area contributed by atoms with E-state index in [4.69, 9.17) is 15.2 Å². The third-order valence-corrected chi connectivity index (χ3v) is 1.73. The van der Waals surface area contributed by atoms with Gasteiger partial charge in [-0.25, -0.2) is 0 Å². The van der Waals surface area contributed by atoms with Crippen molar-refractivity contribution in [2.45, 2.75) is 0 Å². The molecule has 4 nitrogen and oxygen atoms in total. The molecule has 1 rings (SSSR count). The van der Waals surface area contributed by atoms with Crippen molar-refractivity contribution in [2.75, 3.05) is 20.8 Å². The quantitative estimate of drug-likeness (QED) is 0.576. The summed E-state index contributed by atoms with van der Waals surface area (Å²) in [7, 11) is 3.25. The van der Waals surface area contributed by atoms with Crippen molar-refractivity contribution < 1.29 is 9.47 Å². The molecule has 0 aliphatic carbocycles. The van der Waals surface area contributed by atoms with Gasteiger partial charge in [0, 0.05) is 7.05 Å². The molecule has 0 amide bonds. The Hall–Kier alpha value is -1.71. The summed E-state index contributed by atoms with van der Waals surface area (Å²) in [5, 5.41) is 0. The van der Waals surface area contributed by atoms with E-state index in [9.17, 15) is 0 Å². The van der Waals surface area contributed by atoms with Crippen LogP contribution < -0.4 is 15.2 Å². The molecular formula is C10H14N2O2. The summed E-state index contributed by atoms with van der Waals surface area (Å²) in [4.78, 5) is 3.78.